The highest BCUT2D eigenvalue weighted by atomic mass is 35.5. The van der Waals surface area contributed by atoms with E-state index in [-0.39, 0.29) is 11.6 Å². The van der Waals surface area contributed by atoms with Crippen molar-refractivity contribution in [1.29, 1.82) is 0 Å². The van der Waals surface area contributed by atoms with E-state index in [4.69, 9.17) is 16.6 Å². The highest BCUT2D eigenvalue weighted by molar-refractivity contribution is 7.17. The zero-order chi connectivity index (χ0) is 19.5. The van der Waals surface area contributed by atoms with Gasteiger partial charge in [0.1, 0.15) is 10.9 Å². The van der Waals surface area contributed by atoms with Gasteiger partial charge in [-0.05, 0) is 30.2 Å². The molecule has 2 aromatic heterocycles. The average Bonchev–Trinajstić information content (AvgIpc) is 3.15. The lowest BCUT2D eigenvalue weighted by Gasteiger charge is -2.10. The molecule has 4 aromatic rings. The van der Waals surface area contributed by atoms with Gasteiger partial charge in [-0.15, -0.1) is 11.3 Å². The molecule has 0 bridgehead atoms. The molecule has 2 aromatic carbocycles. The van der Waals surface area contributed by atoms with Crippen molar-refractivity contribution in [2.24, 2.45) is 0 Å². The predicted octanol–water partition coefficient (Wildman–Crippen LogP) is 4.17. The second kappa shape index (κ2) is 8.27. The number of H-pyrrole nitrogens is 1. The lowest BCUT2D eigenvalue weighted by molar-refractivity contribution is -0.693. The lowest BCUT2D eigenvalue weighted by Crippen LogP contribution is -2.85. The van der Waals surface area contributed by atoms with Gasteiger partial charge in [0.2, 0.25) is 0 Å². The molecule has 2 heterocycles. The number of aromatic amines is 1. The van der Waals surface area contributed by atoms with Crippen molar-refractivity contribution in [3.05, 3.63) is 86.7 Å². The Bertz CT molecular complexity index is 1140. The van der Waals surface area contributed by atoms with E-state index in [0.717, 1.165) is 39.8 Å². The zero-order valence-electron chi connectivity index (χ0n) is 15.5. The van der Waals surface area contributed by atoms with Crippen LogP contribution in [0.3, 0.4) is 0 Å². The Morgan fingerprint density at radius 1 is 1.14 bits per heavy atom. The topological polar surface area (TPSA) is 62.4 Å². The summed E-state index contributed by atoms with van der Waals surface area (Å²) in [6, 6.07) is 18.0. The van der Waals surface area contributed by atoms with Crippen molar-refractivity contribution in [1.82, 2.24) is 9.97 Å². The van der Waals surface area contributed by atoms with Crippen LogP contribution in [-0.4, -0.2) is 16.5 Å². The molecule has 0 fully saturated rings. The number of thiophene rings is 1. The van der Waals surface area contributed by atoms with E-state index in [0.29, 0.717) is 5.39 Å². The van der Waals surface area contributed by atoms with Crippen LogP contribution in [0.5, 0.6) is 0 Å². The van der Waals surface area contributed by atoms with Crippen LogP contribution in [-0.2, 0) is 6.42 Å². The van der Waals surface area contributed by atoms with E-state index >= 15 is 0 Å². The van der Waals surface area contributed by atoms with Crippen LogP contribution >= 0.6 is 22.9 Å². The first-order valence-corrected chi connectivity index (χ1v) is 10.5. The Morgan fingerprint density at radius 3 is 2.64 bits per heavy atom. The third-order valence-electron chi connectivity index (χ3n) is 4.84. The summed E-state index contributed by atoms with van der Waals surface area (Å²) in [4.78, 5) is 21.3. The smallest absolute Gasteiger partial charge is 0.260 e. The van der Waals surface area contributed by atoms with Crippen LogP contribution in [0.1, 0.15) is 24.4 Å². The van der Waals surface area contributed by atoms with Crippen molar-refractivity contribution in [2.75, 3.05) is 6.54 Å². The first-order valence-electron chi connectivity index (χ1n) is 9.26. The van der Waals surface area contributed by atoms with Gasteiger partial charge in [-0.3, -0.25) is 4.79 Å². The van der Waals surface area contributed by atoms with E-state index in [2.05, 4.69) is 17.2 Å². The molecule has 4 nitrogen and oxygen atoms in total. The maximum Gasteiger partial charge on any atom is 0.260 e. The minimum absolute atomic E-state index is 0.0712. The first kappa shape index (κ1) is 18.9. The third-order valence-corrected chi connectivity index (χ3v) is 5.97. The summed E-state index contributed by atoms with van der Waals surface area (Å²) in [6.45, 7) is 2.97. The Morgan fingerprint density at radius 2 is 1.89 bits per heavy atom. The summed E-state index contributed by atoms with van der Waals surface area (Å²) in [6.07, 6.45) is 0.936. The Balaban J connectivity index is 1.51. The summed E-state index contributed by atoms with van der Waals surface area (Å²) in [5.41, 5.74) is 3.16. The normalized spacial score (nSPS) is 12.4. The van der Waals surface area contributed by atoms with E-state index in [1.165, 1.54) is 16.9 Å². The second-order valence-electron chi connectivity index (χ2n) is 6.84. The predicted molar refractivity (Wildman–Crippen MR) is 116 cm³/mol. The zero-order valence-corrected chi connectivity index (χ0v) is 17.1. The van der Waals surface area contributed by atoms with Crippen LogP contribution < -0.4 is 10.9 Å². The molecular weight excluding hydrogens is 390 g/mol. The van der Waals surface area contributed by atoms with Crippen molar-refractivity contribution in [3.8, 4) is 11.1 Å². The fourth-order valence-corrected chi connectivity index (χ4v) is 4.36. The molecule has 142 valence electrons. The Labute approximate surface area is 172 Å². The molecular formula is C22H21ClN3OS+. The van der Waals surface area contributed by atoms with Crippen LogP contribution in [0.25, 0.3) is 21.3 Å². The molecule has 0 unspecified atom stereocenters. The van der Waals surface area contributed by atoms with Crippen LogP contribution in [0, 0.1) is 0 Å². The van der Waals surface area contributed by atoms with Gasteiger partial charge in [-0.2, -0.15) is 0 Å². The van der Waals surface area contributed by atoms with Crippen LogP contribution in [0.2, 0.25) is 5.02 Å². The van der Waals surface area contributed by atoms with Crippen molar-refractivity contribution in [2.45, 2.75) is 19.4 Å². The standard InChI is InChI=1S/C22H20ClN3OS/c1-14(24-12-11-15-7-9-17(23)10-8-15)20-25-21(27)19-18(13-28-22(19)26-20)16-5-3-2-4-6-16/h2-10,13-14,24H,11-12H2,1H3,(H,25,26,27)/p+1/t14-/m0/s1. The van der Waals surface area contributed by atoms with Crippen LogP contribution in [0.4, 0.5) is 0 Å². The molecule has 0 spiro atoms. The average molecular weight is 411 g/mol. The Kier molecular flexibility index (Phi) is 5.57. The van der Waals surface area contributed by atoms with Crippen molar-refractivity contribution in [3.63, 3.8) is 0 Å². The largest absolute Gasteiger partial charge is 0.337 e. The number of rotatable bonds is 6. The monoisotopic (exact) mass is 410 g/mol. The van der Waals surface area contributed by atoms with Crippen molar-refractivity contribution < 1.29 is 5.32 Å². The summed E-state index contributed by atoms with van der Waals surface area (Å²) in [5, 5.41) is 5.64. The van der Waals surface area contributed by atoms with Crippen molar-refractivity contribution >= 4 is 33.2 Å². The molecule has 0 aliphatic rings. The third kappa shape index (κ3) is 4.02. The molecule has 0 aliphatic carbocycles. The number of halogens is 1. The molecule has 0 saturated heterocycles. The minimum atomic E-state index is -0.0712. The van der Waals surface area contributed by atoms with Gasteiger partial charge in [-0.1, -0.05) is 54.1 Å². The number of aromatic nitrogens is 2. The van der Waals surface area contributed by atoms with Crippen LogP contribution in [0.15, 0.2) is 64.8 Å². The Hall–Kier alpha value is -2.47. The molecule has 0 saturated carbocycles. The van der Waals surface area contributed by atoms with Gasteiger partial charge < -0.3 is 10.3 Å². The van der Waals surface area contributed by atoms with Gasteiger partial charge in [0.05, 0.1) is 11.9 Å². The highest BCUT2D eigenvalue weighted by Gasteiger charge is 2.17. The molecule has 4 rings (SSSR count). The van der Waals surface area contributed by atoms with Gasteiger partial charge in [0, 0.05) is 22.4 Å². The van der Waals surface area contributed by atoms with Gasteiger partial charge in [0.15, 0.2) is 5.82 Å². The van der Waals surface area contributed by atoms with Gasteiger partial charge in [-0.25, -0.2) is 4.98 Å². The first-order chi connectivity index (χ1) is 13.6. The summed E-state index contributed by atoms with van der Waals surface area (Å²) < 4.78 is 0. The SMILES string of the molecule is C[C@H]([NH2+]CCc1ccc(Cl)cc1)c1nc2scc(-c3ccccc3)c2c(=O)[nH]1. The summed E-state index contributed by atoms with van der Waals surface area (Å²) >= 11 is 7.45. The quantitative estimate of drug-likeness (QED) is 0.501. The number of fused-ring (bicyclic) bond motifs is 1. The number of nitrogens with two attached hydrogens (primary N) is 1. The fourth-order valence-electron chi connectivity index (χ4n) is 3.27. The van der Waals surface area contributed by atoms with E-state index in [1.54, 1.807) is 0 Å². The van der Waals surface area contributed by atoms with E-state index < -0.39 is 0 Å². The maximum absolute atomic E-state index is 12.8. The lowest BCUT2D eigenvalue weighted by atomic mass is 10.1. The molecule has 0 radical (unpaired) electrons. The molecule has 3 N–H and O–H groups in total. The molecule has 1 atom stereocenters. The van der Waals surface area contributed by atoms with Gasteiger partial charge in [0.25, 0.3) is 5.56 Å². The number of hydrogen-bond donors (Lipinski definition) is 2. The second-order valence-corrected chi connectivity index (χ2v) is 8.13. The molecule has 0 aliphatic heterocycles. The minimum Gasteiger partial charge on any atom is -0.337 e. The summed E-state index contributed by atoms with van der Waals surface area (Å²) in [5.74, 6) is 0.718. The molecule has 0 amide bonds. The number of nitrogens with zero attached hydrogens (tertiary/aromatic N) is 1. The molecule has 28 heavy (non-hydrogen) atoms. The number of quaternary nitrogens is 1. The number of benzene rings is 2. The van der Waals surface area contributed by atoms with Gasteiger partial charge >= 0.3 is 0 Å². The maximum atomic E-state index is 12.8. The van der Waals surface area contributed by atoms with E-state index in [9.17, 15) is 4.79 Å². The number of nitrogens with one attached hydrogen (secondary N) is 1. The summed E-state index contributed by atoms with van der Waals surface area (Å²) in [7, 11) is 0. The van der Waals surface area contributed by atoms with E-state index in [1.807, 2.05) is 60.0 Å². The fraction of sp³-hybridized carbons (Fsp3) is 0.182. The number of hydrogen-bond acceptors (Lipinski definition) is 3. The highest BCUT2D eigenvalue weighted by Crippen LogP contribution is 2.30. The molecule has 6 heteroatoms.